The fraction of sp³-hybridized carbons (Fsp3) is 0.300. The van der Waals surface area contributed by atoms with Gasteiger partial charge in [-0.25, -0.2) is 9.59 Å². The molecule has 0 fully saturated rings. The standard InChI is InChI=1S/C18H17BrO7.C2H6/c1-7-5-10(20)6-11(25-4)12(7)18(24)26-16-9(3)8(2)13(17(22)23)15(21)14(16)19;1-2/h5-6,20-21H,1-4H3,(H,22,23);1-2H3. The highest BCUT2D eigenvalue weighted by atomic mass is 79.9. The molecule has 0 aliphatic rings. The van der Waals surface area contributed by atoms with E-state index in [0.717, 1.165) is 0 Å². The molecule has 0 amide bonds. The maximum atomic E-state index is 12.7. The van der Waals surface area contributed by atoms with Crippen molar-refractivity contribution in [3.05, 3.63) is 44.4 Å². The van der Waals surface area contributed by atoms with Gasteiger partial charge in [0, 0.05) is 6.07 Å². The van der Waals surface area contributed by atoms with Crippen molar-refractivity contribution < 1.29 is 34.4 Å². The maximum absolute atomic E-state index is 12.7. The third-order valence-electron chi connectivity index (χ3n) is 4.04. The number of phenols is 2. The van der Waals surface area contributed by atoms with E-state index in [1.54, 1.807) is 13.8 Å². The molecule has 3 N–H and O–H groups in total. The molecule has 0 saturated carbocycles. The van der Waals surface area contributed by atoms with E-state index in [4.69, 9.17) is 9.47 Å². The van der Waals surface area contributed by atoms with Crippen LogP contribution in [0, 0.1) is 20.8 Å². The summed E-state index contributed by atoms with van der Waals surface area (Å²) in [6, 6.07) is 2.67. The quantitative estimate of drug-likeness (QED) is 0.451. The van der Waals surface area contributed by atoms with Crippen LogP contribution in [0.15, 0.2) is 16.6 Å². The first-order valence-electron chi connectivity index (χ1n) is 8.44. The monoisotopic (exact) mass is 454 g/mol. The summed E-state index contributed by atoms with van der Waals surface area (Å²) in [7, 11) is 1.35. The highest BCUT2D eigenvalue weighted by Gasteiger charge is 2.26. The molecule has 152 valence electrons. The lowest BCUT2D eigenvalue weighted by molar-refractivity contribution is 0.0692. The number of ether oxygens (including phenoxy) is 2. The summed E-state index contributed by atoms with van der Waals surface area (Å²) in [4.78, 5) is 24.0. The van der Waals surface area contributed by atoms with Gasteiger partial charge in [0.15, 0.2) is 5.75 Å². The van der Waals surface area contributed by atoms with E-state index >= 15 is 0 Å². The Morgan fingerprint density at radius 3 is 2.07 bits per heavy atom. The topological polar surface area (TPSA) is 113 Å². The average molecular weight is 455 g/mol. The van der Waals surface area contributed by atoms with Crippen LogP contribution in [-0.2, 0) is 0 Å². The van der Waals surface area contributed by atoms with E-state index in [-0.39, 0.29) is 38.4 Å². The van der Waals surface area contributed by atoms with Crippen LogP contribution in [0.2, 0.25) is 0 Å². The molecule has 2 aromatic rings. The lowest BCUT2D eigenvalue weighted by Crippen LogP contribution is -2.14. The molecular weight excluding hydrogens is 432 g/mol. The third kappa shape index (κ3) is 4.39. The minimum atomic E-state index is -1.29. The molecule has 0 atom stereocenters. The number of benzene rings is 2. The van der Waals surface area contributed by atoms with Gasteiger partial charge in [0.2, 0.25) is 0 Å². The molecule has 0 unspecified atom stereocenters. The molecule has 2 aromatic carbocycles. The zero-order valence-electron chi connectivity index (χ0n) is 16.5. The number of aryl methyl sites for hydroxylation is 1. The number of aromatic hydroxyl groups is 2. The minimum absolute atomic E-state index is 0.00419. The van der Waals surface area contributed by atoms with Gasteiger partial charge in [-0.2, -0.15) is 0 Å². The second-order valence-corrected chi connectivity index (χ2v) is 6.44. The third-order valence-corrected chi connectivity index (χ3v) is 4.77. The largest absolute Gasteiger partial charge is 0.508 e. The van der Waals surface area contributed by atoms with Gasteiger partial charge in [0.1, 0.15) is 32.8 Å². The molecule has 0 bridgehead atoms. The summed E-state index contributed by atoms with van der Waals surface area (Å²) in [6.45, 7) is 8.70. The van der Waals surface area contributed by atoms with Crippen LogP contribution < -0.4 is 9.47 Å². The number of halogens is 1. The first kappa shape index (κ1) is 23.3. The summed E-state index contributed by atoms with van der Waals surface area (Å²) in [5.74, 6) is -2.53. The number of phenolic OH excluding ortho intramolecular Hbond substituents is 1. The highest BCUT2D eigenvalue weighted by molar-refractivity contribution is 9.10. The molecule has 2 rings (SSSR count). The van der Waals surface area contributed by atoms with Crippen molar-refractivity contribution in [3.63, 3.8) is 0 Å². The summed E-state index contributed by atoms with van der Waals surface area (Å²) in [5, 5.41) is 29.0. The van der Waals surface area contributed by atoms with Crippen LogP contribution in [0.3, 0.4) is 0 Å². The maximum Gasteiger partial charge on any atom is 0.347 e. The number of aromatic carboxylic acids is 1. The van der Waals surface area contributed by atoms with E-state index in [2.05, 4.69) is 15.9 Å². The van der Waals surface area contributed by atoms with E-state index in [1.807, 2.05) is 13.8 Å². The fourth-order valence-corrected chi connectivity index (χ4v) is 3.18. The molecular formula is C20H23BrO7. The molecule has 0 saturated heterocycles. The Kier molecular flexibility index (Phi) is 7.87. The van der Waals surface area contributed by atoms with Gasteiger partial charge in [-0.15, -0.1) is 0 Å². The number of hydrogen-bond acceptors (Lipinski definition) is 6. The first-order valence-corrected chi connectivity index (χ1v) is 9.24. The summed E-state index contributed by atoms with van der Waals surface area (Å²) < 4.78 is 10.5. The highest BCUT2D eigenvalue weighted by Crippen LogP contribution is 2.42. The molecule has 0 radical (unpaired) electrons. The van der Waals surface area contributed by atoms with Crippen LogP contribution in [0.4, 0.5) is 0 Å². The Bertz CT molecular complexity index is 890. The number of carbonyl (C=O) groups excluding carboxylic acids is 1. The number of carbonyl (C=O) groups is 2. The fourth-order valence-electron chi connectivity index (χ4n) is 2.60. The normalized spacial score (nSPS) is 9.96. The molecule has 0 aliphatic carbocycles. The molecule has 0 aromatic heterocycles. The van der Waals surface area contributed by atoms with Gasteiger partial charge in [-0.3, -0.25) is 0 Å². The predicted octanol–water partition coefficient (Wildman–Crippen LogP) is 4.74. The Labute approximate surface area is 171 Å². The zero-order valence-corrected chi connectivity index (χ0v) is 18.1. The van der Waals surface area contributed by atoms with Gasteiger partial charge >= 0.3 is 11.9 Å². The summed E-state index contributed by atoms with van der Waals surface area (Å²) in [5.41, 5.74) is 0.929. The Morgan fingerprint density at radius 2 is 1.57 bits per heavy atom. The summed E-state index contributed by atoms with van der Waals surface area (Å²) >= 11 is 3.09. The van der Waals surface area contributed by atoms with Gasteiger partial charge < -0.3 is 24.8 Å². The van der Waals surface area contributed by atoms with Crippen molar-refractivity contribution in [1.29, 1.82) is 0 Å². The Hall–Kier alpha value is -2.74. The van der Waals surface area contributed by atoms with Crippen molar-refractivity contribution >= 4 is 27.9 Å². The number of carboxylic acid groups (broad SMARTS) is 1. The van der Waals surface area contributed by atoms with Gasteiger partial charge in [-0.05, 0) is 59.5 Å². The van der Waals surface area contributed by atoms with Crippen molar-refractivity contribution in [1.82, 2.24) is 0 Å². The first-order chi connectivity index (χ1) is 13.1. The molecule has 7 nitrogen and oxygen atoms in total. The molecule has 0 spiro atoms. The van der Waals surface area contributed by atoms with E-state index < -0.39 is 17.7 Å². The number of rotatable bonds is 4. The molecule has 8 heteroatoms. The molecule has 28 heavy (non-hydrogen) atoms. The predicted molar refractivity (Wildman–Crippen MR) is 108 cm³/mol. The van der Waals surface area contributed by atoms with Gasteiger partial charge in [-0.1, -0.05) is 13.8 Å². The average Bonchev–Trinajstić information content (AvgIpc) is 2.64. The second kappa shape index (κ2) is 9.45. The lowest BCUT2D eigenvalue weighted by Gasteiger charge is -2.17. The second-order valence-electron chi connectivity index (χ2n) is 5.65. The van der Waals surface area contributed by atoms with Crippen molar-refractivity contribution in [2.75, 3.05) is 7.11 Å². The van der Waals surface area contributed by atoms with Crippen LogP contribution in [-0.4, -0.2) is 34.4 Å². The van der Waals surface area contributed by atoms with Crippen LogP contribution >= 0.6 is 15.9 Å². The van der Waals surface area contributed by atoms with Gasteiger partial charge in [0.05, 0.1) is 7.11 Å². The van der Waals surface area contributed by atoms with E-state index in [9.17, 15) is 24.9 Å². The zero-order chi connectivity index (χ0) is 21.8. The molecule has 0 heterocycles. The van der Waals surface area contributed by atoms with Gasteiger partial charge in [0.25, 0.3) is 0 Å². The SMILES string of the molecule is CC.COc1cc(O)cc(C)c1C(=O)Oc1c(C)c(C)c(C(=O)O)c(O)c1Br. The van der Waals surface area contributed by atoms with Crippen molar-refractivity contribution in [2.24, 2.45) is 0 Å². The van der Waals surface area contributed by atoms with Crippen LogP contribution in [0.25, 0.3) is 0 Å². The van der Waals surface area contributed by atoms with Crippen molar-refractivity contribution in [3.8, 4) is 23.0 Å². The Balaban J connectivity index is 0.00000190. The van der Waals surface area contributed by atoms with Crippen molar-refractivity contribution in [2.45, 2.75) is 34.6 Å². The number of esters is 1. The van der Waals surface area contributed by atoms with Crippen LogP contribution in [0.1, 0.15) is 51.3 Å². The molecule has 0 aliphatic heterocycles. The Morgan fingerprint density at radius 1 is 1.00 bits per heavy atom. The smallest absolute Gasteiger partial charge is 0.347 e. The number of hydrogen-bond donors (Lipinski definition) is 3. The number of carboxylic acids is 1. The van der Waals surface area contributed by atoms with E-state index in [1.165, 1.54) is 26.2 Å². The number of methoxy groups -OCH3 is 1. The summed E-state index contributed by atoms with van der Waals surface area (Å²) in [6.07, 6.45) is 0. The van der Waals surface area contributed by atoms with E-state index in [0.29, 0.717) is 11.1 Å². The van der Waals surface area contributed by atoms with Crippen LogP contribution in [0.5, 0.6) is 23.0 Å². The lowest BCUT2D eigenvalue weighted by atomic mass is 10.0. The minimum Gasteiger partial charge on any atom is -0.508 e.